The summed E-state index contributed by atoms with van der Waals surface area (Å²) in [6.45, 7) is 8.26. The maximum Gasteiger partial charge on any atom is 0.165 e. The van der Waals surface area contributed by atoms with Gasteiger partial charge in [-0.25, -0.2) is 0 Å². The van der Waals surface area contributed by atoms with Crippen molar-refractivity contribution < 1.29 is 9.84 Å². The number of phenolic OH excluding ortho intramolecular Hbond substituents is 1. The Morgan fingerprint density at radius 3 is 2.78 bits per heavy atom. The van der Waals surface area contributed by atoms with Crippen LogP contribution in [0.3, 0.4) is 0 Å². The minimum atomic E-state index is -0.181. The minimum Gasteiger partial charge on any atom is -0.504 e. The van der Waals surface area contributed by atoms with Gasteiger partial charge in [0.2, 0.25) is 0 Å². The molecule has 2 rings (SSSR count). The molecule has 2 heteroatoms. The zero-order valence-electron chi connectivity index (χ0n) is 11.7. The lowest BCUT2D eigenvalue weighted by Crippen LogP contribution is -2.32. The number of aryl methyl sites for hydroxylation is 1. The Labute approximate surface area is 109 Å². The highest BCUT2D eigenvalue weighted by Crippen LogP contribution is 2.41. The zero-order valence-corrected chi connectivity index (χ0v) is 11.7. The molecule has 0 aliphatic carbocycles. The lowest BCUT2D eigenvalue weighted by Gasteiger charge is -2.33. The van der Waals surface area contributed by atoms with Crippen molar-refractivity contribution >= 4 is 0 Å². The summed E-state index contributed by atoms with van der Waals surface area (Å²) in [6.07, 6.45) is 4.84. The Balaban J connectivity index is 2.34. The fraction of sp³-hybridized carbons (Fsp3) is 0.500. The normalized spacial score (nSPS) is 16.7. The van der Waals surface area contributed by atoms with Crippen LogP contribution in [0.2, 0.25) is 0 Å². The lowest BCUT2D eigenvalue weighted by molar-refractivity contribution is 0.0804. The number of phenols is 1. The van der Waals surface area contributed by atoms with E-state index in [4.69, 9.17) is 4.74 Å². The molecule has 18 heavy (non-hydrogen) atoms. The van der Waals surface area contributed by atoms with E-state index in [2.05, 4.69) is 39.8 Å². The van der Waals surface area contributed by atoms with Gasteiger partial charge < -0.3 is 9.84 Å². The Bertz CT molecular complexity index is 480. The second-order valence-electron chi connectivity index (χ2n) is 5.91. The first-order valence-electron chi connectivity index (χ1n) is 6.55. The van der Waals surface area contributed by atoms with Crippen molar-refractivity contribution in [3.8, 4) is 11.5 Å². The molecule has 1 heterocycles. The molecule has 0 saturated carbocycles. The van der Waals surface area contributed by atoms with Crippen molar-refractivity contribution in [2.75, 3.05) is 0 Å². The monoisotopic (exact) mass is 246 g/mol. The Kier molecular flexibility index (Phi) is 3.38. The van der Waals surface area contributed by atoms with E-state index in [0.29, 0.717) is 11.5 Å². The van der Waals surface area contributed by atoms with Crippen molar-refractivity contribution in [3.05, 3.63) is 34.9 Å². The fourth-order valence-corrected chi connectivity index (χ4v) is 2.21. The Hall–Kier alpha value is -1.44. The lowest BCUT2D eigenvalue weighted by atomic mass is 9.92. The first-order chi connectivity index (χ1) is 8.39. The first-order valence-corrected chi connectivity index (χ1v) is 6.55. The molecule has 1 aliphatic heterocycles. The summed E-state index contributed by atoms with van der Waals surface area (Å²) >= 11 is 0. The van der Waals surface area contributed by atoms with E-state index in [1.165, 1.54) is 5.57 Å². The summed E-state index contributed by atoms with van der Waals surface area (Å²) in [5.41, 5.74) is 3.13. The molecule has 0 radical (unpaired) electrons. The molecule has 2 nitrogen and oxygen atoms in total. The Morgan fingerprint density at radius 1 is 1.39 bits per heavy atom. The van der Waals surface area contributed by atoms with E-state index >= 15 is 0 Å². The predicted molar refractivity (Wildman–Crippen MR) is 74.3 cm³/mol. The molecule has 1 N–H and O–H groups in total. The van der Waals surface area contributed by atoms with Crippen LogP contribution in [0.1, 0.15) is 45.2 Å². The number of benzene rings is 1. The van der Waals surface area contributed by atoms with Gasteiger partial charge in [0.25, 0.3) is 0 Å². The van der Waals surface area contributed by atoms with Crippen LogP contribution >= 0.6 is 0 Å². The summed E-state index contributed by atoms with van der Waals surface area (Å²) in [5.74, 6) is 1.00. The van der Waals surface area contributed by atoms with Gasteiger partial charge in [-0.2, -0.15) is 0 Å². The molecule has 0 fully saturated rings. The van der Waals surface area contributed by atoms with Gasteiger partial charge in [-0.3, -0.25) is 0 Å². The SMILES string of the molecule is CC(C)=CCc1ccc2c(c1O)OC(C)(C)CC2. The molecule has 0 atom stereocenters. The topological polar surface area (TPSA) is 29.5 Å². The van der Waals surface area contributed by atoms with Gasteiger partial charge in [-0.15, -0.1) is 0 Å². The quantitative estimate of drug-likeness (QED) is 0.799. The van der Waals surface area contributed by atoms with Crippen LogP contribution in [0, 0.1) is 0 Å². The van der Waals surface area contributed by atoms with Gasteiger partial charge in [0, 0.05) is 5.56 Å². The van der Waals surface area contributed by atoms with E-state index in [1.54, 1.807) is 0 Å². The second-order valence-corrected chi connectivity index (χ2v) is 5.91. The molecule has 0 aromatic heterocycles. The summed E-state index contributed by atoms with van der Waals surface area (Å²) in [5, 5.41) is 10.3. The minimum absolute atomic E-state index is 0.181. The van der Waals surface area contributed by atoms with Crippen LogP contribution in [0.25, 0.3) is 0 Å². The van der Waals surface area contributed by atoms with E-state index in [9.17, 15) is 5.11 Å². The molecule has 0 bridgehead atoms. The van der Waals surface area contributed by atoms with Gasteiger partial charge in [0.15, 0.2) is 11.5 Å². The smallest absolute Gasteiger partial charge is 0.165 e. The third-order valence-corrected chi connectivity index (χ3v) is 3.40. The summed E-state index contributed by atoms with van der Waals surface area (Å²) in [7, 11) is 0. The van der Waals surface area contributed by atoms with E-state index < -0.39 is 0 Å². The molecule has 1 aliphatic rings. The highest BCUT2D eigenvalue weighted by molar-refractivity contribution is 5.53. The van der Waals surface area contributed by atoms with Gasteiger partial charge in [-0.05, 0) is 52.5 Å². The van der Waals surface area contributed by atoms with Crippen molar-refractivity contribution in [3.63, 3.8) is 0 Å². The summed E-state index contributed by atoms with van der Waals surface area (Å²) in [4.78, 5) is 0. The fourth-order valence-electron chi connectivity index (χ4n) is 2.21. The van der Waals surface area contributed by atoms with E-state index in [1.807, 2.05) is 6.07 Å². The van der Waals surface area contributed by atoms with E-state index in [0.717, 1.165) is 30.4 Å². The molecule has 1 aromatic carbocycles. The third-order valence-electron chi connectivity index (χ3n) is 3.40. The highest BCUT2D eigenvalue weighted by atomic mass is 16.5. The first kappa shape index (κ1) is 13.0. The zero-order chi connectivity index (χ0) is 13.3. The van der Waals surface area contributed by atoms with Crippen LogP contribution in [-0.2, 0) is 12.8 Å². The average molecular weight is 246 g/mol. The van der Waals surface area contributed by atoms with Crippen LogP contribution in [0.15, 0.2) is 23.8 Å². The summed E-state index contributed by atoms with van der Waals surface area (Å²) in [6, 6.07) is 4.09. The maximum absolute atomic E-state index is 10.3. The van der Waals surface area contributed by atoms with E-state index in [-0.39, 0.29) is 5.60 Å². The molecule has 0 amide bonds. The molecular formula is C16H22O2. The number of rotatable bonds is 2. The van der Waals surface area contributed by atoms with Crippen molar-refractivity contribution in [2.45, 2.75) is 52.6 Å². The average Bonchev–Trinajstić information content (AvgIpc) is 2.28. The maximum atomic E-state index is 10.3. The highest BCUT2D eigenvalue weighted by Gasteiger charge is 2.29. The number of aromatic hydroxyl groups is 1. The van der Waals surface area contributed by atoms with Gasteiger partial charge in [0.05, 0.1) is 0 Å². The van der Waals surface area contributed by atoms with Crippen LogP contribution in [0.5, 0.6) is 11.5 Å². The van der Waals surface area contributed by atoms with Gasteiger partial charge in [-0.1, -0.05) is 23.8 Å². The number of fused-ring (bicyclic) bond motifs is 1. The third kappa shape index (κ3) is 2.69. The molecule has 0 unspecified atom stereocenters. The second kappa shape index (κ2) is 4.68. The number of hydrogen-bond donors (Lipinski definition) is 1. The molecule has 1 aromatic rings. The number of allylic oxidation sites excluding steroid dienone is 2. The van der Waals surface area contributed by atoms with Crippen LogP contribution in [0.4, 0.5) is 0 Å². The Morgan fingerprint density at radius 2 is 2.11 bits per heavy atom. The summed E-state index contributed by atoms with van der Waals surface area (Å²) < 4.78 is 5.93. The number of hydrogen-bond acceptors (Lipinski definition) is 2. The standard InChI is InChI=1S/C16H22O2/c1-11(2)5-6-12-7-8-13-9-10-16(3,4)18-15(13)14(12)17/h5,7-8,17H,6,9-10H2,1-4H3. The molecule has 0 saturated heterocycles. The predicted octanol–water partition coefficient (Wildman–Crippen LogP) is 4.00. The van der Waals surface area contributed by atoms with Crippen LogP contribution < -0.4 is 4.74 Å². The van der Waals surface area contributed by atoms with Crippen LogP contribution in [-0.4, -0.2) is 10.7 Å². The van der Waals surface area contributed by atoms with Crippen molar-refractivity contribution in [2.24, 2.45) is 0 Å². The molecular weight excluding hydrogens is 224 g/mol. The molecule has 0 spiro atoms. The van der Waals surface area contributed by atoms with Crippen molar-refractivity contribution in [1.29, 1.82) is 0 Å². The van der Waals surface area contributed by atoms with Crippen molar-refractivity contribution in [1.82, 2.24) is 0 Å². The number of ether oxygens (including phenoxy) is 1. The van der Waals surface area contributed by atoms with Gasteiger partial charge >= 0.3 is 0 Å². The van der Waals surface area contributed by atoms with Gasteiger partial charge in [0.1, 0.15) is 5.60 Å². The largest absolute Gasteiger partial charge is 0.504 e. The molecule has 98 valence electrons.